The molecule has 0 saturated carbocycles. The summed E-state index contributed by atoms with van der Waals surface area (Å²) in [6, 6.07) is 16.0. The van der Waals surface area contributed by atoms with Crippen molar-refractivity contribution in [2.45, 2.75) is 45.1 Å². The minimum atomic E-state index is -0.847. The van der Waals surface area contributed by atoms with Crippen molar-refractivity contribution in [3.63, 3.8) is 0 Å². The summed E-state index contributed by atoms with van der Waals surface area (Å²) < 4.78 is 5.56. The van der Waals surface area contributed by atoms with Crippen LogP contribution < -0.4 is 10.6 Å². The lowest BCUT2D eigenvalue weighted by molar-refractivity contribution is -0.142. The molecule has 7 heteroatoms. The molecule has 0 heterocycles. The second kappa shape index (κ2) is 10.3. The molecule has 2 aromatic rings. The van der Waals surface area contributed by atoms with E-state index in [4.69, 9.17) is 4.74 Å². The molecule has 0 radical (unpaired) electrons. The molecule has 35 heavy (non-hydrogen) atoms. The van der Waals surface area contributed by atoms with Gasteiger partial charge in [-0.25, -0.2) is 4.79 Å². The van der Waals surface area contributed by atoms with Crippen LogP contribution in [0.1, 0.15) is 50.2 Å². The van der Waals surface area contributed by atoms with Crippen LogP contribution in [0.25, 0.3) is 11.1 Å². The molecule has 2 atom stereocenters. The number of amides is 2. The highest BCUT2D eigenvalue weighted by atomic mass is 16.5. The number of carboxylic acids is 1. The van der Waals surface area contributed by atoms with E-state index in [9.17, 15) is 19.5 Å². The highest BCUT2D eigenvalue weighted by Crippen LogP contribution is 2.44. The largest absolute Gasteiger partial charge is 0.481 e. The number of nitrogens with one attached hydrogen (secondary N) is 2. The fourth-order valence-corrected chi connectivity index (χ4v) is 4.80. The first-order valence-corrected chi connectivity index (χ1v) is 12.1. The van der Waals surface area contributed by atoms with Gasteiger partial charge in [-0.2, -0.15) is 0 Å². The number of carbonyl (C=O) groups excluding carboxylic acids is 2. The van der Waals surface area contributed by atoms with Gasteiger partial charge in [0.05, 0.1) is 5.92 Å². The standard InChI is InChI=1S/C28H32N2O5/c1-28(2,26(33)30-19-9-7-8-18(16-19)25(31)32)14-15-29-27(34)35-17-24-22-12-5-3-10-20(22)21-11-4-6-13-23(21)24/h3-7,9-13,18-19,24H,8,14-17H2,1-2H3,(H,29,34)(H,30,33)(H,31,32)/t18-,19-/m0/s1. The van der Waals surface area contributed by atoms with E-state index in [0.717, 1.165) is 11.1 Å². The molecular formula is C28H32N2O5. The zero-order valence-electron chi connectivity index (χ0n) is 20.1. The zero-order valence-corrected chi connectivity index (χ0v) is 20.1. The van der Waals surface area contributed by atoms with Gasteiger partial charge in [0.2, 0.25) is 5.91 Å². The van der Waals surface area contributed by atoms with Gasteiger partial charge in [0, 0.05) is 23.9 Å². The highest BCUT2D eigenvalue weighted by Gasteiger charge is 2.32. The van der Waals surface area contributed by atoms with E-state index in [1.165, 1.54) is 11.1 Å². The molecule has 2 aliphatic rings. The van der Waals surface area contributed by atoms with Gasteiger partial charge in [-0.1, -0.05) is 74.5 Å². The van der Waals surface area contributed by atoms with E-state index in [1.807, 2.05) is 44.2 Å². The Balaban J connectivity index is 1.25. The summed E-state index contributed by atoms with van der Waals surface area (Å²) >= 11 is 0. The number of benzene rings is 2. The maximum absolute atomic E-state index is 12.8. The van der Waals surface area contributed by atoms with Crippen LogP contribution in [0.15, 0.2) is 60.7 Å². The van der Waals surface area contributed by atoms with Gasteiger partial charge in [-0.3, -0.25) is 9.59 Å². The van der Waals surface area contributed by atoms with Crippen molar-refractivity contribution in [2.24, 2.45) is 11.3 Å². The first-order valence-electron chi connectivity index (χ1n) is 12.1. The van der Waals surface area contributed by atoms with Gasteiger partial charge in [0.25, 0.3) is 0 Å². The number of hydrogen-bond acceptors (Lipinski definition) is 4. The molecule has 2 aromatic carbocycles. The molecule has 0 spiro atoms. The van der Waals surface area contributed by atoms with Crippen LogP contribution in [-0.2, 0) is 14.3 Å². The molecule has 3 N–H and O–H groups in total. The van der Waals surface area contributed by atoms with E-state index < -0.39 is 23.4 Å². The summed E-state index contributed by atoms with van der Waals surface area (Å²) in [6.07, 6.45) is 4.42. The van der Waals surface area contributed by atoms with Crippen LogP contribution in [0.5, 0.6) is 0 Å². The quantitative estimate of drug-likeness (QED) is 0.488. The molecule has 7 nitrogen and oxygen atoms in total. The Morgan fingerprint density at radius 1 is 1.03 bits per heavy atom. The molecule has 0 aliphatic heterocycles. The highest BCUT2D eigenvalue weighted by molar-refractivity contribution is 5.82. The van der Waals surface area contributed by atoms with E-state index in [-0.39, 0.29) is 31.0 Å². The Bertz CT molecular complexity index is 1090. The Morgan fingerprint density at radius 2 is 1.66 bits per heavy atom. The molecule has 0 aromatic heterocycles. The number of rotatable bonds is 8. The second-order valence-electron chi connectivity index (χ2n) is 9.90. The number of carboxylic acid groups (broad SMARTS) is 1. The van der Waals surface area contributed by atoms with Crippen molar-refractivity contribution in [1.82, 2.24) is 10.6 Å². The van der Waals surface area contributed by atoms with Crippen molar-refractivity contribution < 1.29 is 24.2 Å². The van der Waals surface area contributed by atoms with Crippen LogP contribution in [0.4, 0.5) is 4.79 Å². The molecule has 184 valence electrons. The maximum atomic E-state index is 12.8. The molecule has 0 saturated heterocycles. The van der Waals surface area contributed by atoms with Gasteiger partial charge < -0.3 is 20.5 Å². The first-order chi connectivity index (χ1) is 16.8. The van der Waals surface area contributed by atoms with Gasteiger partial charge in [-0.05, 0) is 41.5 Å². The third-order valence-corrected chi connectivity index (χ3v) is 6.97. The number of ether oxygens (including phenoxy) is 1. The molecule has 4 rings (SSSR count). The molecule has 2 aliphatic carbocycles. The van der Waals surface area contributed by atoms with Crippen molar-refractivity contribution in [1.29, 1.82) is 0 Å². The maximum Gasteiger partial charge on any atom is 0.407 e. The van der Waals surface area contributed by atoms with Gasteiger partial charge >= 0.3 is 12.1 Å². The van der Waals surface area contributed by atoms with E-state index >= 15 is 0 Å². The fraction of sp³-hybridized carbons (Fsp3) is 0.393. The van der Waals surface area contributed by atoms with E-state index in [2.05, 4.69) is 34.9 Å². The third-order valence-electron chi connectivity index (χ3n) is 6.97. The lowest BCUT2D eigenvalue weighted by atomic mass is 9.86. The van der Waals surface area contributed by atoms with Gasteiger partial charge in [0.15, 0.2) is 0 Å². The molecule has 2 amide bonds. The molecule has 0 unspecified atom stereocenters. The fourth-order valence-electron chi connectivity index (χ4n) is 4.80. The Labute approximate surface area is 205 Å². The number of fused-ring (bicyclic) bond motifs is 3. The number of aliphatic carboxylic acids is 1. The molecular weight excluding hydrogens is 444 g/mol. The summed E-state index contributed by atoms with van der Waals surface area (Å²) in [5, 5.41) is 14.9. The third kappa shape index (κ3) is 5.56. The molecule has 0 fully saturated rings. The SMILES string of the molecule is CC(C)(CCNC(=O)OCC1c2ccccc2-c2ccccc21)C(=O)N[C@H]1C=CC[C@H](C(=O)O)C1. The lowest BCUT2D eigenvalue weighted by Crippen LogP contribution is -2.45. The van der Waals surface area contributed by atoms with Crippen LogP contribution in [0, 0.1) is 11.3 Å². The summed E-state index contributed by atoms with van der Waals surface area (Å²) in [6.45, 7) is 4.14. The number of alkyl carbamates (subject to hydrolysis) is 1. The monoisotopic (exact) mass is 476 g/mol. The van der Waals surface area contributed by atoms with E-state index in [1.54, 1.807) is 6.08 Å². The first kappa shape index (κ1) is 24.5. The Morgan fingerprint density at radius 3 is 2.29 bits per heavy atom. The van der Waals surface area contributed by atoms with Crippen molar-refractivity contribution in [3.05, 3.63) is 71.8 Å². The molecule has 0 bridgehead atoms. The van der Waals surface area contributed by atoms with E-state index in [0.29, 0.717) is 19.3 Å². The minimum absolute atomic E-state index is 0.00598. The van der Waals surface area contributed by atoms with Crippen LogP contribution in [0.2, 0.25) is 0 Å². The number of carbonyl (C=O) groups is 3. The summed E-state index contributed by atoms with van der Waals surface area (Å²) in [5.74, 6) is -1.51. The van der Waals surface area contributed by atoms with Crippen LogP contribution in [0.3, 0.4) is 0 Å². The van der Waals surface area contributed by atoms with Crippen LogP contribution >= 0.6 is 0 Å². The number of hydrogen-bond donors (Lipinski definition) is 3. The normalized spacial score (nSPS) is 18.9. The summed E-state index contributed by atoms with van der Waals surface area (Å²) in [5.41, 5.74) is 3.92. The lowest BCUT2D eigenvalue weighted by Gasteiger charge is -2.29. The van der Waals surface area contributed by atoms with Gasteiger partial charge in [0.1, 0.15) is 6.61 Å². The van der Waals surface area contributed by atoms with Crippen LogP contribution in [-0.4, -0.2) is 42.3 Å². The van der Waals surface area contributed by atoms with Gasteiger partial charge in [-0.15, -0.1) is 0 Å². The van der Waals surface area contributed by atoms with Crippen molar-refractivity contribution in [3.8, 4) is 11.1 Å². The smallest absolute Gasteiger partial charge is 0.407 e. The summed E-state index contributed by atoms with van der Waals surface area (Å²) in [4.78, 5) is 36.4. The Kier molecular flexibility index (Phi) is 7.24. The van der Waals surface area contributed by atoms with Crippen molar-refractivity contribution >= 4 is 18.0 Å². The Hall–Kier alpha value is -3.61. The predicted octanol–water partition coefficient (Wildman–Crippen LogP) is 4.48. The minimum Gasteiger partial charge on any atom is -0.481 e. The predicted molar refractivity (Wildman–Crippen MR) is 133 cm³/mol. The van der Waals surface area contributed by atoms with Crippen molar-refractivity contribution in [2.75, 3.05) is 13.2 Å². The average molecular weight is 477 g/mol. The zero-order chi connectivity index (χ0) is 25.0. The number of allylic oxidation sites excluding steroid dienone is 1. The topological polar surface area (TPSA) is 105 Å². The average Bonchev–Trinajstić information content (AvgIpc) is 3.16. The second-order valence-corrected chi connectivity index (χ2v) is 9.90. The summed E-state index contributed by atoms with van der Waals surface area (Å²) in [7, 11) is 0.